The molecule has 21 heavy (non-hydrogen) atoms. The van der Waals surface area contributed by atoms with E-state index in [1.165, 1.54) is 4.90 Å². The maximum absolute atomic E-state index is 13.9. The van der Waals surface area contributed by atoms with Gasteiger partial charge >= 0.3 is 6.43 Å². The molecule has 0 saturated heterocycles. The highest BCUT2D eigenvalue weighted by atomic mass is 19.3. The van der Waals surface area contributed by atoms with Gasteiger partial charge in [-0.3, -0.25) is 4.79 Å². The number of benzene rings is 1. The molecule has 1 amide bonds. The smallest absolute Gasteiger partial charge is 0.314 e. The summed E-state index contributed by atoms with van der Waals surface area (Å²) in [6, 6.07) is 5.56. The van der Waals surface area contributed by atoms with Crippen LogP contribution in [0.25, 0.3) is 0 Å². The topological polar surface area (TPSA) is 20.3 Å². The zero-order valence-corrected chi connectivity index (χ0v) is 13.3. The first-order chi connectivity index (χ1) is 9.77. The molecule has 0 saturated carbocycles. The number of aryl methyl sites for hydroxylation is 1. The number of nitrogens with zero attached hydrogens (tertiary/aromatic N) is 1. The van der Waals surface area contributed by atoms with E-state index in [1.54, 1.807) is 27.8 Å². The second kappa shape index (κ2) is 5.08. The van der Waals surface area contributed by atoms with Crippen molar-refractivity contribution in [3.05, 3.63) is 35.8 Å². The molecule has 115 valence electrons. The number of hydrogen-bond acceptors (Lipinski definition) is 1. The number of fused-ring (bicyclic) bond motifs is 1. The van der Waals surface area contributed by atoms with Gasteiger partial charge in [-0.25, -0.2) is 0 Å². The van der Waals surface area contributed by atoms with Gasteiger partial charge in [-0.2, -0.15) is 8.78 Å². The Labute approximate surface area is 125 Å². The summed E-state index contributed by atoms with van der Waals surface area (Å²) < 4.78 is 27.8. The van der Waals surface area contributed by atoms with Crippen molar-refractivity contribution in [2.75, 3.05) is 11.9 Å². The number of carbonyl (C=O) groups excluding carboxylic acids is 1. The minimum absolute atomic E-state index is 0.231. The third-order valence-corrected chi connectivity index (χ3v) is 5.37. The van der Waals surface area contributed by atoms with Gasteiger partial charge in [0.05, 0.1) is 16.5 Å². The summed E-state index contributed by atoms with van der Waals surface area (Å²) in [6.07, 6.45) is -1.18. The summed E-state index contributed by atoms with van der Waals surface area (Å²) >= 11 is 0. The quantitative estimate of drug-likeness (QED) is 0.802. The largest absolute Gasteiger partial charge is 0.317 e. The molecule has 0 N–H and O–H groups in total. The van der Waals surface area contributed by atoms with Gasteiger partial charge < -0.3 is 4.90 Å². The van der Waals surface area contributed by atoms with E-state index in [-0.39, 0.29) is 18.7 Å². The van der Waals surface area contributed by atoms with Gasteiger partial charge in [0.1, 0.15) is 0 Å². The van der Waals surface area contributed by atoms with E-state index in [0.717, 1.165) is 11.3 Å². The summed E-state index contributed by atoms with van der Waals surface area (Å²) in [5.74, 6) is -0.247. The fourth-order valence-electron chi connectivity index (χ4n) is 3.94. The Kier molecular flexibility index (Phi) is 3.85. The molecule has 1 aliphatic rings. The first kappa shape index (κ1) is 15.9. The predicted molar refractivity (Wildman–Crippen MR) is 80.4 cm³/mol. The zero-order chi connectivity index (χ0) is 16.0. The van der Waals surface area contributed by atoms with Crippen molar-refractivity contribution in [3.8, 4) is 0 Å². The van der Waals surface area contributed by atoms with Crippen molar-refractivity contribution < 1.29 is 13.6 Å². The molecule has 0 fully saturated rings. The lowest BCUT2D eigenvalue weighted by molar-refractivity contribution is -0.129. The molecule has 0 aromatic heterocycles. The minimum Gasteiger partial charge on any atom is -0.314 e. The lowest BCUT2D eigenvalue weighted by atomic mass is 9.58. The zero-order valence-electron chi connectivity index (χ0n) is 13.3. The number of hydrogen-bond donors (Lipinski definition) is 0. The third-order valence-electron chi connectivity index (χ3n) is 5.37. The second-order valence-corrected chi connectivity index (χ2v) is 6.01. The van der Waals surface area contributed by atoms with Crippen LogP contribution in [0.2, 0.25) is 0 Å². The van der Waals surface area contributed by atoms with Crippen LogP contribution in [0.5, 0.6) is 0 Å². The lowest BCUT2D eigenvalue weighted by Crippen LogP contribution is -2.51. The van der Waals surface area contributed by atoms with Crippen LogP contribution in [-0.2, 0) is 10.2 Å². The molecule has 1 heterocycles. The Morgan fingerprint density at radius 3 is 2.33 bits per heavy atom. The molecule has 1 unspecified atom stereocenters. The van der Waals surface area contributed by atoms with Crippen LogP contribution in [0.15, 0.2) is 18.2 Å². The van der Waals surface area contributed by atoms with Crippen LogP contribution in [0.3, 0.4) is 0 Å². The summed E-state index contributed by atoms with van der Waals surface area (Å²) in [6.45, 7) is 7.04. The van der Waals surface area contributed by atoms with Crippen molar-refractivity contribution in [1.82, 2.24) is 0 Å². The number of anilines is 1. The Morgan fingerprint density at radius 2 is 1.86 bits per heavy atom. The Morgan fingerprint density at radius 1 is 1.29 bits per heavy atom. The first-order valence-electron chi connectivity index (χ1n) is 7.34. The number of rotatable bonds is 4. The second-order valence-electron chi connectivity index (χ2n) is 6.01. The SMILES string of the molecule is CCC(CC)([C](F)F)C1(C)C(=O)N(C)c2c(C)cccc21. The van der Waals surface area contributed by atoms with Crippen LogP contribution in [0, 0.1) is 18.8 Å². The van der Waals surface area contributed by atoms with Gasteiger partial charge in [0, 0.05) is 7.05 Å². The Bertz CT molecular complexity index is 566. The van der Waals surface area contributed by atoms with Crippen molar-refractivity contribution in [1.29, 1.82) is 0 Å². The number of carbonyl (C=O) groups is 1. The molecular formula is C17H22F2NO. The van der Waals surface area contributed by atoms with E-state index in [0.29, 0.717) is 5.56 Å². The minimum atomic E-state index is -1.65. The summed E-state index contributed by atoms with van der Waals surface area (Å²) in [7, 11) is 1.67. The molecule has 1 aromatic rings. The highest BCUT2D eigenvalue weighted by molar-refractivity contribution is 6.09. The van der Waals surface area contributed by atoms with Crippen molar-refractivity contribution in [3.63, 3.8) is 0 Å². The van der Waals surface area contributed by atoms with Crippen LogP contribution < -0.4 is 4.90 Å². The van der Waals surface area contributed by atoms with Gasteiger partial charge in [0.15, 0.2) is 0 Å². The van der Waals surface area contributed by atoms with E-state index in [2.05, 4.69) is 0 Å². The molecule has 0 bridgehead atoms. The third kappa shape index (κ3) is 1.77. The highest BCUT2D eigenvalue weighted by Crippen LogP contribution is 2.59. The van der Waals surface area contributed by atoms with Gasteiger partial charge in [-0.1, -0.05) is 32.0 Å². The number of para-hydroxylation sites is 1. The molecule has 2 rings (SSSR count). The molecule has 1 atom stereocenters. The van der Waals surface area contributed by atoms with Gasteiger partial charge in [0.25, 0.3) is 0 Å². The Balaban J connectivity index is 2.79. The first-order valence-corrected chi connectivity index (χ1v) is 7.34. The highest BCUT2D eigenvalue weighted by Gasteiger charge is 2.62. The molecule has 4 heteroatoms. The van der Waals surface area contributed by atoms with Crippen molar-refractivity contribution in [2.45, 2.75) is 46.0 Å². The summed E-state index contributed by atoms with van der Waals surface area (Å²) in [4.78, 5) is 14.4. The van der Waals surface area contributed by atoms with Crippen LogP contribution in [-0.4, -0.2) is 13.0 Å². The lowest BCUT2D eigenvalue weighted by Gasteiger charge is -2.43. The maximum Gasteiger partial charge on any atom is 0.317 e. The van der Waals surface area contributed by atoms with Gasteiger partial charge in [-0.05, 0) is 37.8 Å². The molecule has 2 nitrogen and oxygen atoms in total. The maximum atomic E-state index is 13.9. The van der Waals surface area contributed by atoms with Gasteiger partial charge in [0.2, 0.25) is 5.91 Å². The standard InChI is InChI=1S/C17H22F2NO/c1-6-17(7-2,14(18)19)16(4)12-10-8-9-11(3)13(12)20(5)15(16)21/h8-10H,6-7H2,1-5H3. The Hall–Kier alpha value is -1.45. The van der Waals surface area contributed by atoms with E-state index < -0.39 is 17.3 Å². The molecule has 0 aliphatic carbocycles. The average molecular weight is 294 g/mol. The van der Waals surface area contributed by atoms with Crippen LogP contribution in [0.1, 0.15) is 44.7 Å². The van der Waals surface area contributed by atoms with Crippen molar-refractivity contribution >= 4 is 11.6 Å². The molecule has 1 radical (unpaired) electrons. The predicted octanol–water partition coefficient (Wildman–Crippen LogP) is 4.46. The fourth-order valence-corrected chi connectivity index (χ4v) is 3.94. The van der Waals surface area contributed by atoms with Crippen molar-refractivity contribution in [2.24, 2.45) is 5.41 Å². The molecular weight excluding hydrogens is 272 g/mol. The molecule has 1 aromatic carbocycles. The van der Waals surface area contributed by atoms with Crippen LogP contribution >= 0.6 is 0 Å². The van der Waals surface area contributed by atoms with E-state index in [4.69, 9.17) is 0 Å². The van der Waals surface area contributed by atoms with E-state index >= 15 is 0 Å². The summed E-state index contributed by atoms with van der Waals surface area (Å²) in [5.41, 5.74) is -0.209. The van der Waals surface area contributed by atoms with Crippen LogP contribution in [0.4, 0.5) is 14.5 Å². The van der Waals surface area contributed by atoms with E-state index in [1.807, 2.05) is 25.1 Å². The monoisotopic (exact) mass is 294 g/mol. The number of amides is 1. The van der Waals surface area contributed by atoms with E-state index in [9.17, 15) is 13.6 Å². The summed E-state index contributed by atoms with van der Waals surface area (Å²) in [5, 5.41) is 0. The normalized spacial score (nSPS) is 22.1. The number of halogens is 2. The average Bonchev–Trinajstić information content (AvgIpc) is 2.65. The molecule has 0 spiro atoms. The number of likely N-dealkylation sites (N-methyl/N-ethyl adjacent to an activating group) is 1. The van der Waals surface area contributed by atoms with Gasteiger partial charge in [-0.15, -0.1) is 0 Å². The fraction of sp³-hybridized carbons (Fsp3) is 0.529. The molecule has 1 aliphatic heterocycles.